The quantitative estimate of drug-likeness (QED) is 0.450. The zero-order chi connectivity index (χ0) is 23.8. The summed E-state index contributed by atoms with van der Waals surface area (Å²) in [6, 6.07) is 17.2. The molecule has 0 heterocycles. The van der Waals surface area contributed by atoms with Crippen molar-refractivity contribution >= 4 is 17.3 Å². The molecule has 3 rings (SSSR count). The van der Waals surface area contributed by atoms with Crippen LogP contribution in [-0.4, -0.2) is 40.4 Å². The molecule has 1 amide bonds. The second-order valence-electron chi connectivity index (χ2n) is 7.06. The Morgan fingerprint density at radius 2 is 1.30 bits per heavy atom. The normalized spacial score (nSPS) is 11.2. The van der Waals surface area contributed by atoms with E-state index in [2.05, 4.69) is 10.6 Å². The summed E-state index contributed by atoms with van der Waals surface area (Å²) in [5.74, 6) is 3.34. The molecule has 0 bridgehead atoms. The number of benzene rings is 3. The summed E-state index contributed by atoms with van der Waals surface area (Å²) >= 11 is 0. The maximum Gasteiger partial charge on any atom is 0.246 e. The Labute approximate surface area is 193 Å². The molecule has 0 saturated heterocycles. The summed E-state index contributed by atoms with van der Waals surface area (Å²) in [7, 11) is 6.28. The van der Waals surface area contributed by atoms with Crippen molar-refractivity contribution in [2.45, 2.75) is 13.0 Å². The third-order valence-corrected chi connectivity index (χ3v) is 4.89. The second kappa shape index (κ2) is 11.0. The lowest BCUT2D eigenvalue weighted by molar-refractivity contribution is -0.116. The van der Waals surface area contributed by atoms with Crippen LogP contribution in [0.4, 0.5) is 11.4 Å². The predicted molar refractivity (Wildman–Crippen MR) is 127 cm³/mol. The molecule has 8 heteroatoms. The van der Waals surface area contributed by atoms with Crippen molar-refractivity contribution in [3.8, 4) is 34.5 Å². The molecule has 0 aromatic heterocycles. The summed E-state index contributed by atoms with van der Waals surface area (Å²) < 4.78 is 27.1. The van der Waals surface area contributed by atoms with Crippen molar-refractivity contribution in [1.82, 2.24) is 0 Å². The van der Waals surface area contributed by atoms with Gasteiger partial charge in [-0.15, -0.1) is 0 Å². The molecule has 0 aliphatic carbocycles. The van der Waals surface area contributed by atoms with E-state index in [9.17, 15) is 4.79 Å². The van der Waals surface area contributed by atoms with Crippen molar-refractivity contribution in [3.05, 3.63) is 60.7 Å². The number of anilines is 2. The Balaban J connectivity index is 1.73. The van der Waals surface area contributed by atoms with Crippen LogP contribution >= 0.6 is 0 Å². The number of hydrogen-bond acceptors (Lipinski definition) is 7. The van der Waals surface area contributed by atoms with E-state index in [1.54, 1.807) is 77.8 Å². The predicted octanol–water partition coefficient (Wildman–Crippen LogP) is 4.95. The molecule has 33 heavy (non-hydrogen) atoms. The number of carbonyl (C=O) groups is 1. The summed E-state index contributed by atoms with van der Waals surface area (Å²) in [5, 5.41) is 6.05. The highest BCUT2D eigenvalue weighted by molar-refractivity contribution is 5.97. The molecular formula is C25H28N2O6. The van der Waals surface area contributed by atoms with E-state index in [0.29, 0.717) is 40.1 Å². The Kier molecular flexibility index (Phi) is 7.86. The van der Waals surface area contributed by atoms with Crippen LogP contribution in [0.15, 0.2) is 60.7 Å². The average molecular weight is 453 g/mol. The van der Waals surface area contributed by atoms with E-state index < -0.39 is 6.04 Å². The number of nitrogens with one attached hydrogen (secondary N) is 2. The zero-order valence-corrected chi connectivity index (χ0v) is 19.3. The molecular weight excluding hydrogens is 424 g/mol. The first kappa shape index (κ1) is 23.6. The topological polar surface area (TPSA) is 87.3 Å². The molecule has 8 nitrogen and oxygen atoms in total. The van der Waals surface area contributed by atoms with Gasteiger partial charge in [-0.25, -0.2) is 0 Å². The third-order valence-electron chi connectivity index (χ3n) is 4.89. The van der Waals surface area contributed by atoms with Gasteiger partial charge in [-0.2, -0.15) is 0 Å². The number of ether oxygens (including phenoxy) is 5. The van der Waals surface area contributed by atoms with E-state index in [4.69, 9.17) is 23.7 Å². The monoisotopic (exact) mass is 452 g/mol. The molecule has 0 aliphatic rings. The molecule has 3 aromatic carbocycles. The van der Waals surface area contributed by atoms with Crippen molar-refractivity contribution in [3.63, 3.8) is 0 Å². The van der Waals surface area contributed by atoms with Crippen molar-refractivity contribution in [2.75, 3.05) is 39.1 Å². The Morgan fingerprint density at radius 3 is 1.94 bits per heavy atom. The summed E-state index contributed by atoms with van der Waals surface area (Å²) in [6.07, 6.45) is 0. The number of amides is 1. The summed E-state index contributed by atoms with van der Waals surface area (Å²) in [5.41, 5.74) is 1.22. The van der Waals surface area contributed by atoms with Gasteiger partial charge in [0.05, 0.1) is 34.1 Å². The molecule has 0 spiro atoms. The van der Waals surface area contributed by atoms with Gasteiger partial charge in [0.25, 0.3) is 0 Å². The lowest BCUT2D eigenvalue weighted by Gasteiger charge is -2.18. The minimum atomic E-state index is -0.553. The highest BCUT2D eigenvalue weighted by atomic mass is 16.5. The highest BCUT2D eigenvalue weighted by Crippen LogP contribution is 2.35. The van der Waals surface area contributed by atoms with Gasteiger partial charge in [0.1, 0.15) is 29.0 Å². The summed E-state index contributed by atoms with van der Waals surface area (Å²) in [6.45, 7) is 1.76. The van der Waals surface area contributed by atoms with Crippen LogP contribution < -0.4 is 34.3 Å². The van der Waals surface area contributed by atoms with Crippen LogP contribution in [-0.2, 0) is 4.79 Å². The highest BCUT2D eigenvalue weighted by Gasteiger charge is 2.17. The van der Waals surface area contributed by atoms with Crippen LogP contribution in [0, 0.1) is 0 Å². The van der Waals surface area contributed by atoms with Crippen LogP contribution in [0.2, 0.25) is 0 Å². The minimum Gasteiger partial charge on any atom is -0.497 e. The lowest BCUT2D eigenvalue weighted by atomic mass is 10.2. The minimum absolute atomic E-state index is 0.241. The summed E-state index contributed by atoms with van der Waals surface area (Å²) in [4.78, 5) is 12.8. The molecule has 174 valence electrons. The smallest absolute Gasteiger partial charge is 0.246 e. The van der Waals surface area contributed by atoms with E-state index in [1.807, 2.05) is 18.2 Å². The number of hydrogen-bond donors (Lipinski definition) is 2. The standard InChI is InChI=1S/C25H28N2O6/c1-16(25(28)27-21-15-20(30-3)11-13-22(21)31-4)26-17-6-12-23(32-5)24(14-17)33-19-9-7-18(29-2)8-10-19/h6-16,26H,1-5H3,(H,27,28). The van der Waals surface area contributed by atoms with Gasteiger partial charge in [0.15, 0.2) is 11.5 Å². The number of methoxy groups -OCH3 is 4. The average Bonchev–Trinajstić information content (AvgIpc) is 2.84. The first-order valence-electron chi connectivity index (χ1n) is 10.3. The molecule has 0 radical (unpaired) electrons. The van der Waals surface area contributed by atoms with Crippen LogP contribution in [0.25, 0.3) is 0 Å². The molecule has 1 atom stereocenters. The Bertz CT molecular complexity index is 1080. The van der Waals surface area contributed by atoms with Crippen LogP contribution in [0.1, 0.15) is 6.92 Å². The number of carbonyl (C=O) groups excluding carboxylic acids is 1. The van der Waals surface area contributed by atoms with Crippen molar-refractivity contribution in [1.29, 1.82) is 0 Å². The van der Waals surface area contributed by atoms with Crippen LogP contribution in [0.3, 0.4) is 0 Å². The third kappa shape index (κ3) is 6.00. The van der Waals surface area contributed by atoms with E-state index >= 15 is 0 Å². The van der Waals surface area contributed by atoms with Gasteiger partial charge < -0.3 is 34.3 Å². The van der Waals surface area contributed by atoms with Gasteiger partial charge in [-0.3, -0.25) is 4.79 Å². The fourth-order valence-corrected chi connectivity index (χ4v) is 3.09. The molecule has 0 aliphatic heterocycles. The van der Waals surface area contributed by atoms with Gasteiger partial charge in [0.2, 0.25) is 5.91 Å². The maximum atomic E-state index is 12.8. The lowest BCUT2D eigenvalue weighted by Crippen LogP contribution is -2.32. The van der Waals surface area contributed by atoms with E-state index in [1.165, 1.54) is 0 Å². The second-order valence-corrected chi connectivity index (χ2v) is 7.06. The zero-order valence-electron chi connectivity index (χ0n) is 19.3. The fraction of sp³-hybridized carbons (Fsp3) is 0.240. The van der Waals surface area contributed by atoms with Gasteiger partial charge in [0, 0.05) is 17.8 Å². The first-order chi connectivity index (χ1) is 16.0. The van der Waals surface area contributed by atoms with Gasteiger partial charge in [-0.05, 0) is 55.5 Å². The molecule has 1 unspecified atom stereocenters. The Morgan fingerprint density at radius 1 is 0.697 bits per heavy atom. The fourth-order valence-electron chi connectivity index (χ4n) is 3.09. The van der Waals surface area contributed by atoms with E-state index in [-0.39, 0.29) is 5.91 Å². The van der Waals surface area contributed by atoms with E-state index in [0.717, 1.165) is 5.75 Å². The van der Waals surface area contributed by atoms with Crippen LogP contribution in [0.5, 0.6) is 34.5 Å². The van der Waals surface area contributed by atoms with Gasteiger partial charge in [-0.1, -0.05) is 0 Å². The largest absolute Gasteiger partial charge is 0.497 e. The Hall–Kier alpha value is -4.07. The molecule has 0 fully saturated rings. The molecule has 2 N–H and O–H groups in total. The van der Waals surface area contributed by atoms with Crippen molar-refractivity contribution in [2.24, 2.45) is 0 Å². The number of rotatable bonds is 10. The SMILES string of the molecule is COc1ccc(Oc2cc(NC(C)C(=O)Nc3cc(OC)ccc3OC)ccc2OC)cc1. The molecule has 0 saturated carbocycles. The maximum absolute atomic E-state index is 12.8. The van der Waals surface area contributed by atoms with Gasteiger partial charge >= 0.3 is 0 Å². The molecule has 3 aromatic rings. The van der Waals surface area contributed by atoms with Crippen molar-refractivity contribution < 1.29 is 28.5 Å². The first-order valence-corrected chi connectivity index (χ1v) is 10.3.